The van der Waals surface area contributed by atoms with Gasteiger partial charge in [0.15, 0.2) is 0 Å². The second kappa shape index (κ2) is 8.65. The van der Waals surface area contributed by atoms with Crippen molar-refractivity contribution in [2.24, 2.45) is 0 Å². The van der Waals surface area contributed by atoms with Crippen molar-refractivity contribution in [3.8, 4) is 22.5 Å². The Hall–Kier alpha value is -5.19. The lowest BCUT2D eigenvalue weighted by Crippen LogP contribution is -2.00. The molecule has 9 aromatic rings. The van der Waals surface area contributed by atoms with Crippen molar-refractivity contribution >= 4 is 65.2 Å². The summed E-state index contributed by atoms with van der Waals surface area (Å²) in [6, 6.07) is 48.1. The zero-order valence-corrected chi connectivity index (χ0v) is 22.8. The molecule has 0 aliphatic carbocycles. The Morgan fingerprint density at radius 1 is 0.488 bits per heavy atom. The normalized spacial score (nSPS) is 11.9. The minimum Gasteiger partial charge on any atom is -0.307 e. The Kier molecular flexibility index (Phi) is 4.77. The molecule has 0 spiro atoms. The number of thiazole rings is 1. The van der Waals surface area contributed by atoms with Crippen LogP contribution in [-0.4, -0.2) is 14.1 Å². The molecule has 0 atom stereocenters. The summed E-state index contributed by atoms with van der Waals surface area (Å²) in [6.07, 6.45) is 0. The molecule has 0 aliphatic rings. The lowest BCUT2D eigenvalue weighted by molar-refractivity contribution is 1.15. The molecule has 0 radical (unpaired) electrons. The van der Waals surface area contributed by atoms with Crippen LogP contribution in [0.15, 0.2) is 139 Å². The summed E-state index contributed by atoms with van der Waals surface area (Å²) in [5.74, 6) is 0. The molecule has 4 heteroatoms. The van der Waals surface area contributed by atoms with E-state index in [1.807, 2.05) is 5.51 Å². The van der Waals surface area contributed by atoms with Crippen LogP contribution in [0.25, 0.3) is 76.3 Å². The predicted molar refractivity (Wildman–Crippen MR) is 174 cm³/mol. The molecule has 41 heavy (non-hydrogen) atoms. The Bertz CT molecular complexity index is 2410. The van der Waals surface area contributed by atoms with Gasteiger partial charge in [-0.3, -0.25) is 0 Å². The van der Waals surface area contributed by atoms with Gasteiger partial charge in [0.2, 0.25) is 0 Å². The standard InChI is InChI=1S/C37H23N3S/c1-3-11-24(12-4-1)25-21-33(35-34(22-25)41-23-38-35)40-32-18-10-8-16-28(32)30-20-19-29-27-15-7-9-17-31(27)39(36(29)37(30)40)26-13-5-2-6-14-26/h1-23H. The average molecular weight is 542 g/mol. The fraction of sp³-hybridized carbons (Fsp3) is 0. The number of para-hydroxylation sites is 3. The summed E-state index contributed by atoms with van der Waals surface area (Å²) in [7, 11) is 0. The van der Waals surface area contributed by atoms with Gasteiger partial charge in [-0.05, 0) is 47.5 Å². The van der Waals surface area contributed by atoms with Crippen LogP contribution in [0.2, 0.25) is 0 Å². The van der Waals surface area contributed by atoms with Crippen LogP contribution >= 0.6 is 11.3 Å². The van der Waals surface area contributed by atoms with Crippen LogP contribution in [-0.2, 0) is 0 Å². The van der Waals surface area contributed by atoms with Crippen LogP contribution in [0.5, 0.6) is 0 Å². The second-order valence-corrected chi connectivity index (χ2v) is 11.3. The molecule has 0 aliphatic heterocycles. The highest BCUT2D eigenvalue weighted by molar-refractivity contribution is 7.16. The van der Waals surface area contributed by atoms with Crippen molar-refractivity contribution < 1.29 is 0 Å². The molecule has 0 fully saturated rings. The number of hydrogen-bond donors (Lipinski definition) is 0. The maximum absolute atomic E-state index is 4.92. The van der Waals surface area contributed by atoms with E-state index < -0.39 is 0 Å². The quantitative estimate of drug-likeness (QED) is 0.218. The SMILES string of the molecule is c1ccc(-c2cc(-n3c4ccccc4c4ccc5c6ccccc6n(-c6ccccc6)c5c43)c3ncsc3c2)cc1. The average Bonchev–Trinajstić information content (AvgIpc) is 3.74. The summed E-state index contributed by atoms with van der Waals surface area (Å²) in [5.41, 5.74) is 12.4. The van der Waals surface area contributed by atoms with E-state index in [1.54, 1.807) is 11.3 Å². The van der Waals surface area contributed by atoms with Crippen LogP contribution < -0.4 is 0 Å². The first-order chi connectivity index (χ1) is 20.4. The van der Waals surface area contributed by atoms with E-state index in [0.29, 0.717) is 0 Å². The zero-order valence-electron chi connectivity index (χ0n) is 22.0. The molecule has 6 aromatic carbocycles. The van der Waals surface area contributed by atoms with Crippen molar-refractivity contribution in [2.75, 3.05) is 0 Å². The van der Waals surface area contributed by atoms with Gasteiger partial charge in [0, 0.05) is 27.2 Å². The number of hydrogen-bond acceptors (Lipinski definition) is 2. The molecule has 0 N–H and O–H groups in total. The summed E-state index contributed by atoms with van der Waals surface area (Å²) in [4.78, 5) is 4.92. The molecule has 3 aromatic heterocycles. The van der Waals surface area contributed by atoms with Gasteiger partial charge in [-0.2, -0.15) is 0 Å². The van der Waals surface area contributed by atoms with Crippen molar-refractivity contribution in [2.45, 2.75) is 0 Å². The monoisotopic (exact) mass is 541 g/mol. The van der Waals surface area contributed by atoms with Crippen LogP contribution in [0.1, 0.15) is 0 Å². The number of fused-ring (bicyclic) bond motifs is 8. The Labute approximate surface area is 240 Å². The van der Waals surface area contributed by atoms with Crippen molar-refractivity contribution in [1.29, 1.82) is 0 Å². The highest BCUT2D eigenvalue weighted by Crippen LogP contribution is 2.43. The van der Waals surface area contributed by atoms with Gasteiger partial charge in [-0.15, -0.1) is 11.3 Å². The highest BCUT2D eigenvalue weighted by Gasteiger charge is 2.22. The number of aromatic nitrogens is 3. The van der Waals surface area contributed by atoms with Gasteiger partial charge < -0.3 is 9.13 Å². The highest BCUT2D eigenvalue weighted by atomic mass is 32.1. The lowest BCUT2D eigenvalue weighted by atomic mass is 10.0. The molecule has 0 unspecified atom stereocenters. The third-order valence-electron chi connectivity index (χ3n) is 8.25. The minimum atomic E-state index is 1.02. The van der Waals surface area contributed by atoms with Crippen molar-refractivity contribution in [3.63, 3.8) is 0 Å². The van der Waals surface area contributed by atoms with Crippen LogP contribution in [0.3, 0.4) is 0 Å². The molecule has 0 saturated carbocycles. The van der Waals surface area contributed by atoms with E-state index in [2.05, 4.69) is 143 Å². The molecule has 3 heterocycles. The Morgan fingerprint density at radius 2 is 1.07 bits per heavy atom. The fourth-order valence-corrected chi connectivity index (χ4v) is 7.25. The summed E-state index contributed by atoms with van der Waals surface area (Å²) < 4.78 is 6.07. The summed E-state index contributed by atoms with van der Waals surface area (Å²) >= 11 is 1.70. The minimum absolute atomic E-state index is 1.02. The van der Waals surface area contributed by atoms with E-state index in [-0.39, 0.29) is 0 Å². The van der Waals surface area contributed by atoms with Gasteiger partial charge in [0.25, 0.3) is 0 Å². The summed E-state index contributed by atoms with van der Waals surface area (Å²) in [5, 5.41) is 4.97. The molecule has 0 amide bonds. The maximum Gasteiger partial charge on any atom is 0.105 e. The first-order valence-electron chi connectivity index (χ1n) is 13.8. The van der Waals surface area contributed by atoms with E-state index in [0.717, 1.165) is 16.9 Å². The van der Waals surface area contributed by atoms with Gasteiger partial charge in [-0.1, -0.05) is 97.1 Å². The fourth-order valence-electron chi connectivity index (χ4n) is 6.51. The Morgan fingerprint density at radius 3 is 1.78 bits per heavy atom. The smallest absolute Gasteiger partial charge is 0.105 e. The molecule has 3 nitrogen and oxygen atoms in total. The number of benzene rings is 6. The van der Waals surface area contributed by atoms with Gasteiger partial charge >= 0.3 is 0 Å². The molecule has 9 rings (SSSR count). The van der Waals surface area contributed by atoms with Gasteiger partial charge in [0.05, 0.1) is 38.0 Å². The van der Waals surface area contributed by atoms with Crippen LogP contribution in [0, 0.1) is 0 Å². The third kappa shape index (κ3) is 3.22. The first kappa shape index (κ1) is 22.6. The van der Waals surface area contributed by atoms with E-state index in [4.69, 9.17) is 4.98 Å². The summed E-state index contributed by atoms with van der Waals surface area (Å²) in [6.45, 7) is 0. The second-order valence-electron chi connectivity index (χ2n) is 10.5. The molecule has 0 bridgehead atoms. The van der Waals surface area contributed by atoms with E-state index >= 15 is 0 Å². The van der Waals surface area contributed by atoms with E-state index in [9.17, 15) is 0 Å². The third-order valence-corrected chi connectivity index (χ3v) is 9.02. The topological polar surface area (TPSA) is 22.8 Å². The van der Waals surface area contributed by atoms with Gasteiger partial charge in [-0.25, -0.2) is 4.98 Å². The maximum atomic E-state index is 4.92. The number of rotatable bonds is 3. The molecule has 192 valence electrons. The van der Waals surface area contributed by atoms with Crippen molar-refractivity contribution in [1.82, 2.24) is 14.1 Å². The van der Waals surface area contributed by atoms with Gasteiger partial charge in [0.1, 0.15) is 5.52 Å². The van der Waals surface area contributed by atoms with E-state index in [1.165, 1.54) is 59.4 Å². The Balaban J connectivity index is 1.53. The zero-order chi connectivity index (χ0) is 26.9. The number of nitrogens with zero attached hydrogens (tertiary/aromatic N) is 3. The predicted octanol–water partition coefficient (Wildman–Crippen LogP) is 10.2. The lowest BCUT2D eigenvalue weighted by Gasteiger charge is -2.14. The largest absolute Gasteiger partial charge is 0.307 e. The van der Waals surface area contributed by atoms with Crippen molar-refractivity contribution in [3.05, 3.63) is 139 Å². The molecular weight excluding hydrogens is 518 g/mol. The molecular formula is C37H23N3S. The molecule has 0 saturated heterocycles. The van der Waals surface area contributed by atoms with Crippen LogP contribution in [0.4, 0.5) is 0 Å². The first-order valence-corrected chi connectivity index (χ1v) is 14.7.